The van der Waals surface area contributed by atoms with E-state index in [1.165, 1.54) is 0 Å². The number of carbonyl (C=O) groups is 1. The maximum Gasteiger partial charge on any atom is 0.314 e. The highest BCUT2D eigenvalue weighted by Crippen LogP contribution is 2.18. The standard InChI is InChI=1S/C17H28N2O3S/c1-13-6-7-14(12-15(13)22-5)8-9-18-16(20)19-10-11-23(21)17(2,3)4/h6-7,12H,8-11H2,1-5H3,(H2,18,19,20)/t23-/m0/s1. The summed E-state index contributed by atoms with van der Waals surface area (Å²) < 4.78 is 16.9. The molecule has 0 unspecified atom stereocenters. The molecular weight excluding hydrogens is 312 g/mol. The summed E-state index contributed by atoms with van der Waals surface area (Å²) in [6.07, 6.45) is 0.734. The van der Waals surface area contributed by atoms with Gasteiger partial charge in [0.1, 0.15) is 5.75 Å². The molecule has 0 aliphatic heterocycles. The average Bonchev–Trinajstić information content (AvgIpc) is 2.47. The first-order chi connectivity index (χ1) is 10.7. The molecule has 0 radical (unpaired) electrons. The Bertz CT molecular complexity index is 553. The first kappa shape index (κ1) is 19.5. The van der Waals surface area contributed by atoms with Crippen molar-refractivity contribution in [3.8, 4) is 5.75 Å². The van der Waals surface area contributed by atoms with E-state index < -0.39 is 10.8 Å². The molecule has 0 heterocycles. The highest BCUT2D eigenvalue weighted by Gasteiger charge is 2.18. The van der Waals surface area contributed by atoms with E-state index in [0.717, 1.165) is 23.3 Å². The lowest BCUT2D eigenvalue weighted by molar-refractivity contribution is 0.241. The van der Waals surface area contributed by atoms with Crippen LogP contribution in [0.1, 0.15) is 31.9 Å². The topological polar surface area (TPSA) is 67.4 Å². The van der Waals surface area contributed by atoms with Gasteiger partial charge in [0.2, 0.25) is 0 Å². The second-order valence-corrected chi connectivity index (χ2v) is 8.72. The molecule has 5 nitrogen and oxygen atoms in total. The maximum atomic E-state index is 11.9. The van der Waals surface area contributed by atoms with Crippen LogP contribution in [0.4, 0.5) is 4.79 Å². The van der Waals surface area contributed by atoms with Gasteiger partial charge in [-0.15, -0.1) is 0 Å². The molecule has 0 aliphatic rings. The van der Waals surface area contributed by atoms with Gasteiger partial charge in [0, 0.05) is 34.4 Å². The number of carbonyl (C=O) groups excluding carboxylic acids is 1. The molecule has 2 amide bonds. The number of urea groups is 1. The normalized spacial score (nSPS) is 12.6. The van der Waals surface area contributed by atoms with E-state index in [0.29, 0.717) is 18.8 Å². The van der Waals surface area contributed by atoms with Crippen LogP contribution in [0.5, 0.6) is 5.75 Å². The number of nitrogens with one attached hydrogen (secondary N) is 2. The summed E-state index contributed by atoms with van der Waals surface area (Å²) in [6.45, 7) is 8.74. The number of rotatable bonds is 7. The van der Waals surface area contributed by atoms with Crippen molar-refractivity contribution in [2.45, 2.75) is 38.9 Å². The second kappa shape index (κ2) is 8.91. The molecule has 0 saturated heterocycles. The molecule has 0 aromatic heterocycles. The van der Waals surface area contributed by atoms with Crippen molar-refractivity contribution in [3.63, 3.8) is 0 Å². The Hall–Kier alpha value is -1.56. The molecule has 0 fully saturated rings. The number of methoxy groups -OCH3 is 1. The minimum atomic E-state index is -0.952. The number of aryl methyl sites for hydroxylation is 1. The zero-order valence-electron chi connectivity index (χ0n) is 14.7. The Morgan fingerprint density at radius 3 is 2.48 bits per heavy atom. The highest BCUT2D eigenvalue weighted by molar-refractivity contribution is 7.86. The van der Waals surface area contributed by atoms with Crippen LogP contribution in [0.15, 0.2) is 18.2 Å². The number of amides is 2. The predicted octanol–water partition coefficient (Wildman–Crippen LogP) is 2.39. The van der Waals surface area contributed by atoms with Crippen molar-refractivity contribution in [1.29, 1.82) is 0 Å². The summed E-state index contributed by atoms with van der Waals surface area (Å²) >= 11 is 0. The van der Waals surface area contributed by atoms with Crippen LogP contribution >= 0.6 is 0 Å². The summed E-state index contributed by atoms with van der Waals surface area (Å²) in [7, 11) is 0.700. The Labute approximate surface area is 141 Å². The number of ether oxygens (including phenoxy) is 1. The SMILES string of the molecule is COc1cc(CCNC(=O)NCC[S@](=O)C(C)(C)C)ccc1C. The van der Waals surface area contributed by atoms with Crippen molar-refractivity contribution in [3.05, 3.63) is 29.3 Å². The van der Waals surface area contributed by atoms with Gasteiger partial charge in [-0.1, -0.05) is 12.1 Å². The Balaban J connectivity index is 2.28. The molecular formula is C17H28N2O3S. The fraction of sp³-hybridized carbons (Fsp3) is 0.588. The Kier molecular flexibility index (Phi) is 7.55. The van der Waals surface area contributed by atoms with Gasteiger partial charge < -0.3 is 15.4 Å². The fourth-order valence-electron chi connectivity index (χ4n) is 1.97. The third-order valence-corrected chi connectivity index (χ3v) is 5.37. The summed E-state index contributed by atoms with van der Waals surface area (Å²) in [5.74, 6) is 1.32. The van der Waals surface area contributed by atoms with Crippen LogP contribution < -0.4 is 15.4 Å². The molecule has 0 spiro atoms. The van der Waals surface area contributed by atoms with E-state index in [9.17, 15) is 9.00 Å². The molecule has 2 N–H and O–H groups in total. The van der Waals surface area contributed by atoms with Gasteiger partial charge in [-0.25, -0.2) is 4.79 Å². The summed E-state index contributed by atoms with van der Waals surface area (Å²) in [5.41, 5.74) is 2.20. The van der Waals surface area contributed by atoms with E-state index >= 15 is 0 Å². The Morgan fingerprint density at radius 1 is 1.22 bits per heavy atom. The quantitative estimate of drug-likeness (QED) is 0.801. The monoisotopic (exact) mass is 340 g/mol. The van der Waals surface area contributed by atoms with Gasteiger partial charge in [-0.3, -0.25) is 4.21 Å². The minimum Gasteiger partial charge on any atom is -0.496 e. The van der Waals surface area contributed by atoms with Crippen molar-refractivity contribution in [2.24, 2.45) is 0 Å². The van der Waals surface area contributed by atoms with Gasteiger partial charge in [0.05, 0.1) is 7.11 Å². The van der Waals surface area contributed by atoms with Gasteiger partial charge in [-0.05, 0) is 51.3 Å². The summed E-state index contributed by atoms with van der Waals surface area (Å²) in [4.78, 5) is 11.7. The zero-order chi connectivity index (χ0) is 17.5. The predicted molar refractivity (Wildman–Crippen MR) is 95.6 cm³/mol. The van der Waals surface area contributed by atoms with Crippen LogP contribution in [0.3, 0.4) is 0 Å². The summed E-state index contributed by atoms with van der Waals surface area (Å²) in [5, 5.41) is 5.54. The van der Waals surface area contributed by atoms with Crippen molar-refractivity contribution >= 4 is 16.8 Å². The lowest BCUT2D eigenvalue weighted by atomic mass is 10.1. The minimum absolute atomic E-state index is 0.227. The molecule has 1 aromatic rings. The largest absolute Gasteiger partial charge is 0.496 e. The van der Waals surface area contributed by atoms with E-state index in [1.54, 1.807) is 7.11 Å². The third-order valence-electron chi connectivity index (χ3n) is 3.43. The van der Waals surface area contributed by atoms with Crippen molar-refractivity contribution in [2.75, 3.05) is 26.0 Å². The van der Waals surface area contributed by atoms with Crippen LogP contribution in [-0.4, -0.2) is 40.9 Å². The zero-order valence-corrected chi connectivity index (χ0v) is 15.5. The maximum absolute atomic E-state index is 11.9. The third kappa shape index (κ3) is 7.03. The smallest absolute Gasteiger partial charge is 0.314 e. The molecule has 130 valence electrons. The number of hydrogen-bond donors (Lipinski definition) is 2. The van der Waals surface area contributed by atoms with E-state index in [4.69, 9.17) is 4.74 Å². The first-order valence-corrected chi connectivity index (χ1v) is 9.09. The molecule has 1 rings (SSSR count). The lowest BCUT2D eigenvalue weighted by Crippen LogP contribution is -2.39. The van der Waals surface area contributed by atoms with Gasteiger partial charge >= 0.3 is 6.03 Å². The molecule has 0 aliphatic carbocycles. The molecule has 0 bridgehead atoms. The van der Waals surface area contributed by atoms with E-state index in [2.05, 4.69) is 10.6 Å². The highest BCUT2D eigenvalue weighted by atomic mass is 32.2. The van der Waals surface area contributed by atoms with Crippen LogP contribution in [0, 0.1) is 6.92 Å². The van der Waals surface area contributed by atoms with Crippen LogP contribution in [0.25, 0.3) is 0 Å². The molecule has 6 heteroatoms. The number of benzene rings is 1. The van der Waals surface area contributed by atoms with E-state index in [1.807, 2.05) is 45.9 Å². The molecule has 0 saturated carbocycles. The Morgan fingerprint density at radius 2 is 1.87 bits per heavy atom. The molecule has 1 atom stereocenters. The first-order valence-electron chi connectivity index (χ1n) is 7.77. The van der Waals surface area contributed by atoms with Gasteiger partial charge in [-0.2, -0.15) is 0 Å². The number of hydrogen-bond acceptors (Lipinski definition) is 3. The second-order valence-electron chi connectivity index (χ2n) is 6.40. The van der Waals surface area contributed by atoms with E-state index in [-0.39, 0.29) is 10.8 Å². The average molecular weight is 340 g/mol. The lowest BCUT2D eigenvalue weighted by Gasteiger charge is -2.17. The fourth-order valence-corrected chi connectivity index (χ4v) is 2.87. The van der Waals surface area contributed by atoms with Crippen molar-refractivity contribution in [1.82, 2.24) is 10.6 Å². The van der Waals surface area contributed by atoms with Crippen LogP contribution in [0.2, 0.25) is 0 Å². The molecule has 23 heavy (non-hydrogen) atoms. The van der Waals surface area contributed by atoms with Crippen LogP contribution in [-0.2, 0) is 17.2 Å². The van der Waals surface area contributed by atoms with Crippen molar-refractivity contribution < 1.29 is 13.7 Å². The van der Waals surface area contributed by atoms with Gasteiger partial charge in [0.25, 0.3) is 0 Å². The van der Waals surface area contributed by atoms with Gasteiger partial charge in [0.15, 0.2) is 0 Å². The molecule has 1 aromatic carbocycles. The summed E-state index contributed by atoms with van der Waals surface area (Å²) in [6, 6.07) is 5.80.